The van der Waals surface area contributed by atoms with Crippen LogP contribution >= 0.6 is 0 Å². The molecule has 0 aromatic heterocycles. The zero-order chi connectivity index (χ0) is 12.2. The molecule has 0 saturated heterocycles. The molecule has 1 atom stereocenters. The average Bonchev–Trinajstić information content (AvgIpc) is 2.30. The van der Waals surface area contributed by atoms with Gasteiger partial charge in [0.2, 0.25) is 0 Å². The standard InChI is InChI=1S/C10H15NO.C2H4O2/c1-9(11)7-8-12-10-5-3-2-4-6-10;1-4-2-3/h2-6,9H,7-8,11H2,1H3;2H,1H3. The zero-order valence-corrected chi connectivity index (χ0v) is 9.76. The molecule has 4 heteroatoms. The van der Waals surface area contributed by atoms with Gasteiger partial charge in [0, 0.05) is 6.04 Å². The van der Waals surface area contributed by atoms with Crippen LogP contribution in [0.25, 0.3) is 0 Å². The van der Waals surface area contributed by atoms with Crippen LogP contribution in [-0.2, 0) is 9.53 Å². The first-order valence-electron chi connectivity index (χ1n) is 5.10. The van der Waals surface area contributed by atoms with Gasteiger partial charge in [-0.3, -0.25) is 4.79 Å². The minimum absolute atomic E-state index is 0.216. The first-order chi connectivity index (χ1) is 7.70. The van der Waals surface area contributed by atoms with Crippen molar-refractivity contribution < 1.29 is 14.3 Å². The largest absolute Gasteiger partial charge is 0.494 e. The maximum atomic E-state index is 8.95. The van der Waals surface area contributed by atoms with E-state index in [1.165, 1.54) is 7.11 Å². The summed E-state index contributed by atoms with van der Waals surface area (Å²) in [6.45, 7) is 3.05. The zero-order valence-electron chi connectivity index (χ0n) is 9.76. The summed E-state index contributed by atoms with van der Waals surface area (Å²) >= 11 is 0. The van der Waals surface area contributed by atoms with Crippen molar-refractivity contribution in [3.05, 3.63) is 30.3 Å². The van der Waals surface area contributed by atoms with E-state index in [2.05, 4.69) is 4.74 Å². The van der Waals surface area contributed by atoms with Crippen LogP contribution in [0.3, 0.4) is 0 Å². The van der Waals surface area contributed by atoms with Crippen molar-refractivity contribution in [2.45, 2.75) is 19.4 Å². The van der Waals surface area contributed by atoms with Crippen molar-refractivity contribution >= 4 is 6.47 Å². The van der Waals surface area contributed by atoms with Gasteiger partial charge in [-0.05, 0) is 25.5 Å². The van der Waals surface area contributed by atoms with E-state index in [0.29, 0.717) is 13.1 Å². The summed E-state index contributed by atoms with van der Waals surface area (Å²) in [7, 11) is 1.31. The molecule has 1 aromatic carbocycles. The lowest BCUT2D eigenvalue weighted by Crippen LogP contribution is -2.18. The number of carbonyl (C=O) groups is 1. The highest BCUT2D eigenvalue weighted by Crippen LogP contribution is 2.08. The van der Waals surface area contributed by atoms with Crippen molar-refractivity contribution in [1.29, 1.82) is 0 Å². The van der Waals surface area contributed by atoms with E-state index in [1.807, 2.05) is 37.3 Å². The Bertz CT molecular complexity index is 262. The molecule has 0 bridgehead atoms. The maximum Gasteiger partial charge on any atom is 0.292 e. The average molecular weight is 225 g/mol. The third-order valence-electron chi connectivity index (χ3n) is 1.68. The molecule has 0 aliphatic heterocycles. The van der Waals surface area contributed by atoms with Crippen molar-refractivity contribution in [3.63, 3.8) is 0 Å². The number of benzene rings is 1. The number of hydrogen-bond acceptors (Lipinski definition) is 4. The Morgan fingerprint density at radius 1 is 1.38 bits per heavy atom. The number of nitrogens with two attached hydrogens (primary N) is 1. The monoisotopic (exact) mass is 225 g/mol. The number of para-hydroxylation sites is 1. The number of hydrogen-bond donors (Lipinski definition) is 1. The van der Waals surface area contributed by atoms with Crippen LogP contribution in [0.2, 0.25) is 0 Å². The number of carbonyl (C=O) groups excluding carboxylic acids is 1. The molecule has 0 radical (unpaired) electrons. The van der Waals surface area contributed by atoms with Gasteiger partial charge in [0.1, 0.15) is 5.75 Å². The summed E-state index contributed by atoms with van der Waals surface area (Å²) in [6, 6.07) is 10.00. The van der Waals surface area contributed by atoms with Gasteiger partial charge in [-0.1, -0.05) is 18.2 Å². The molecule has 0 spiro atoms. The van der Waals surface area contributed by atoms with E-state index < -0.39 is 0 Å². The molecule has 0 heterocycles. The summed E-state index contributed by atoms with van der Waals surface area (Å²) in [5, 5.41) is 0. The van der Waals surface area contributed by atoms with E-state index in [1.54, 1.807) is 0 Å². The Morgan fingerprint density at radius 3 is 2.38 bits per heavy atom. The molecule has 0 amide bonds. The minimum Gasteiger partial charge on any atom is -0.494 e. The molecule has 1 rings (SSSR count). The topological polar surface area (TPSA) is 61.6 Å². The highest BCUT2D eigenvalue weighted by Gasteiger charge is 1.94. The summed E-state index contributed by atoms with van der Waals surface area (Å²) < 4.78 is 9.30. The molecule has 16 heavy (non-hydrogen) atoms. The van der Waals surface area contributed by atoms with E-state index >= 15 is 0 Å². The summed E-state index contributed by atoms with van der Waals surface area (Å²) in [5.74, 6) is 0.915. The highest BCUT2D eigenvalue weighted by atomic mass is 16.5. The van der Waals surface area contributed by atoms with Gasteiger partial charge >= 0.3 is 0 Å². The van der Waals surface area contributed by atoms with Crippen LogP contribution in [0.15, 0.2) is 30.3 Å². The number of ether oxygens (including phenoxy) is 2. The second kappa shape index (κ2) is 9.98. The van der Waals surface area contributed by atoms with Gasteiger partial charge in [-0.25, -0.2) is 0 Å². The first kappa shape index (κ1) is 14.5. The lowest BCUT2D eigenvalue weighted by molar-refractivity contribution is -0.126. The number of rotatable bonds is 5. The van der Waals surface area contributed by atoms with E-state index in [4.69, 9.17) is 15.3 Å². The molecule has 0 aliphatic carbocycles. The third kappa shape index (κ3) is 9.02. The predicted molar refractivity (Wildman–Crippen MR) is 63.3 cm³/mol. The second-order valence-electron chi connectivity index (χ2n) is 3.26. The first-order valence-corrected chi connectivity index (χ1v) is 5.10. The van der Waals surface area contributed by atoms with E-state index in [9.17, 15) is 0 Å². The summed E-state index contributed by atoms with van der Waals surface area (Å²) in [6.07, 6.45) is 0.898. The SMILES string of the molecule is CC(N)CCOc1ccccc1.COC=O. The van der Waals surface area contributed by atoms with Crippen molar-refractivity contribution in [2.75, 3.05) is 13.7 Å². The molecule has 2 N–H and O–H groups in total. The fourth-order valence-electron chi connectivity index (χ4n) is 0.879. The summed E-state index contributed by atoms with van der Waals surface area (Å²) in [4.78, 5) is 8.95. The van der Waals surface area contributed by atoms with Gasteiger partial charge < -0.3 is 15.2 Å². The Labute approximate surface area is 96.4 Å². The van der Waals surface area contributed by atoms with Gasteiger partial charge in [0.25, 0.3) is 6.47 Å². The molecular formula is C12H19NO3. The summed E-state index contributed by atoms with van der Waals surface area (Å²) in [5.41, 5.74) is 5.58. The van der Waals surface area contributed by atoms with Crippen LogP contribution in [0.5, 0.6) is 5.75 Å². The highest BCUT2D eigenvalue weighted by molar-refractivity contribution is 5.36. The molecule has 0 aliphatic rings. The van der Waals surface area contributed by atoms with Crippen molar-refractivity contribution in [3.8, 4) is 5.75 Å². The fourth-order valence-corrected chi connectivity index (χ4v) is 0.879. The van der Waals surface area contributed by atoms with Gasteiger partial charge in [-0.15, -0.1) is 0 Å². The Hall–Kier alpha value is -1.55. The van der Waals surface area contributed by atoms with Crippen LogP contribution in [0, 0.1) is 0 Å². The molecule has 1 unspecified atom stereocenters. The minimum atomic E-state index is 0.216. The fraction of sp³-hybridized carbons (Fsp3) is 0.417. The van der Waals surface area contributed by atoms with Gasteiger partial charge in [0.15, 0.2) is 0 Å². The van der Waals surface area contributed by atoms with Crippen molar-refractivity contribution in [2.24, 2.45) is 5.73 Å². The molecule has 90 valence electrons. The maximum absolute atomic E-state index is 8.95. The molecule has 1 aromatic rings. The van der Waals surface area contributed by atoms with Crippen molar-refractivity contribution in [1.82, 2.24) is 0 Å². The van der Waals surface area contributed by atoms with Gasteiger partial charge in [0.05, 0.1) is 13.7 Å². The van der Waals surface area contributed by atoms with Gasteiger partial charge in [-0.2, -0.15) is 0 Å². The quantitative estimate of drug-likeness (QED) is 0.773. The van der Waals surface area contributed by atoms with Crippen LogP contribution in [0.4, 0.5) is 0 Å². The van der Waals surface area contributed by atoms with Crippen LogP contribution in [0.1, 0.15) is 13.3 Å². The lowest BCUT2D eigenvalue weighted by Gasteiger charge is -2.07. The number of methoxy groups -OCH3 is 1. The van der Waals surface area contributed by atoms with Crippen LogP contribution in [-0.4, -0.2) is 26.2 Å². The predicted octanol–water partition coefficient (Wildman–Crippen LogP) is 1.59. The van der Waals surface area contributed by atoms with E-state index in [0.717, 1.165) is 12.2 Å². The molecule has 0 saturated carbocycles. The Balaban J connectivity index is 0.000000487. The third-order valence-corrected chi connectivity index (χ3v) is 1.68. The van der Waals surface area contributed by atoms with Crippen LogP contribution < -0.4 is 10.5 Å². The smallest absolute Gasteiger partial charge is 0.292 e. The molecule has 0 fully saturated rings. The lowest BCUT2D eigenvalue weighted by atomic mass is 10.3. The molecule has 4 nitrogen and oxygen atoms in total. The Kier molecular flexibility index (Phi) is 9.02. The van der Waals surface area contributed by atoms with E-state index in [-0.39, 0.29) is 6.04 Å². The Morgan fingerprint density at radius 2 is 1.94 bits per heavy atom. The normalized spacial score (nSPS) is 10.7. The second-order valence-corrected chi connectivity index (χ2v) is 3.26. The molecular weight excluding hydrogens is 206 g/mol.